The topological polar surface area (TPSA) is 114 Å². The molecule has 8 nitrogen and oxygen atoms in total. The third-order valence-electron chi connectivity index (χ3n) is 5.03. The fraction of sp³-hybridized carbons (Fsp3) is 0.273. The molecule has 4 rings (SSSR count). The maximum absolute atomic E-state index is 8.94. The van der Waals surface area contributed by atoms with Gasteiger partial charge in [-0.2, -0.15) is 0 Å². The molecule has 1 aliphatic rings. The molecule has 1 atom stereocenters. The van der Waals surface area contributed by atoms with Gasteiger partial charge in [0.2, 0.25) is 0 Å². The molecule has 3 aromatic heterocycles. The van der Waals surface area contributed by atoms with E-state index in [2.05, 4.69) is 30.2 Å². The fourth-order valence-corrected chi connectivity index (χ4v) is 3.61. The van der Waals surface area contributed by atoms with Crippen LogP contribution < -0.4 is 5.32 Å². The average molecular weight is 403 g/mol. The van der Waals surface area contributed by atoms with Gasteiger partial charge in [-0.3, -0.25) is 10.4 Å². The summed E-state index contributed by atoms with van der Waals surface area (Å²) in [4.78, 5) is 18.7. The largest absolute Gasteiger partial charge is 0.395 e. The third-order valence-corrected chi connectivity index (χ3v) is 5.03. The average Bonchev–Trinajstić information content (AvgIpc) is 3.47. The van der Waals surface area contributed by atoms with Crippen LogP contribution in [0, 0.1) is 5.41 Å². The number of hydrogen-bond acceptors (Lipinski definition) is 6. The van der Waals surface area contributed by atoms with E-state index in [0.717, 1.165) is 36.5 Å². The Morgan fingerprint density at radius 2 is 2.20 bits per heavy atom. The van der Waals surface area contributed by atoms with E-state index in [1.54, 1.807) is 18.5 Å². The summed E-state index contributed by atoms with van der Waals surface area (Å²) in [6.45, 7) is 1.35. The van der Waals surface area contributed by atoms with E-state index in [4.69, 9.17) is 10.5 Å². The van der Waals surface area contributed by atoms with Crippen molar-refractivity contribution >= 4 is 17.7 Å². The molecule has 1 unspecified atom stereocenters. The van der Waals surface area contributed by atoms with Crippen molar-refractivity contribution in [2.45, 2.75) is 18.9 Å². The summed E-state index contributed by atoms with van der Waals surface area (Å²) in [6, 6.07) is 11.7. The highest BCUT2D eigenvalue weighted by Crippen LogP contribution is 2.30. The van der Waals surface area contributed by atoms with Gasteiger partial charge in [0.05, 0.1) is 35.9 Å². The van der Waals surface area contributed by atoms with Gasteiger partial charge in [0.1, 0.15) is 17.5 Å². The van der Waals surface area contributed by atoms with E-state index in [-0.39, 0.29) is 12.6 Å². The summed E-state index contributed by atoms with van der Waals surface area (Å²) in [5, 5.41) is 20.5. The standard InChI is InChI=1S/C22H25N7O/c23-20(29-13-4-7-19(29)17-5-1-2-11-24-17)9-10-22-26-15-18(28-22)16-6-3-8-21(27-16)25-12-14-30/h1-3,5-6,8-11,15,19,23,30H,4,7,12-14H2,(H,25,27)(H,26,28)/b10-9-,23-20?. The number of nitrogens with one attached hydrogen (secondary N) is 3. The molecule has 4 heterocycles. The third kappa shape index (κ3) is 4.55. The molecule has 3 aromatic rings. The molecule has 1 fully saturated rings. The number of aromatic nitrogens is 4. The van der Waals surface area contributed by atoms with E-state index in [1.807, 2.05) is 42.5 Å². The van der Waals surface area contributed by atoms with Crippen molar-refractivity contribution in [3.63, 3.8) is 0 Å². The molecule has 0 aromatic carbocycles. The van der Waals surface area contributed by atoms with Gasteiger partial charge < -0.3 is 20.3 Å². The second-order valence-electron chi connectivity index (χ2n) is 7.07. The number of rotatable bonds is 7. The first kappa shape index (κ1) is 19.8. The van der Waals surface area contributed by atoms with Crippen LogP contribution in [0.3, 0.4) is 0 Å². The second kappa shape index (κ2) is 9.32. The Hall–Kier alpha value is -3.52. The van der Waals surface area contributed by atoms with Gasteiger partial charge in [-0.15, -0.1) is 0 Å². The lowest BCUT2D eigenvalue weighted by Crippen LogP contribution is -2.28. The lowest BCUT2D eigenvalue weighted by atomic mass is 10.1. The normalized spacial score (nSPS) is 16.3. The van der Waals surface area contributed by atoms with Crippen molar-refractivity contribution in [1.82, 2.24) is 24.8 Å². The number of H-pyrrole nitrogens is 1. The predicted molar refractivity (Wildman–Crippen MR) is 117 cm³/mol. The number of nitrogens with zero attached hydrogens (tertiary/aromatic N) is 4. The summed E-state index contributed by atoms with van der Waals surface area (Å²) in [6.07, 6.45) is 9.18. The lowest BCUT2D eigenvalue weighted by molar-refractivity contribution is 0.311. The number of likely N-dealkylation sites (tertiary alicyclic amines) is 1. The molecule has 0 saturated carbocycles. The highest BCUT2D eigenvalue weighted by Gasteiger charge is 2.27. The van der Waals surface area contributed by atoms with E-state index >= 15 is 0 Å². The number of amidine groups is 1. The molecule has 1 saturated heterocycles. The van der Waals surface area contributed by atoms with Crippen LogP contribution in [0.25, 0.3) is 17.5 Å². The fourth-order valence-electron chi connectivity index (χ4n) is 3.61. The van der Waals surface area contributed by atoms with Crippen LogP contribution in [0.2, 0.25) is 0 Å². The van der Waals surface area contributed by atoms with E-state index < -0.39 is 0 Å². The van der Waals surface area contributed by atoms with Crippen LogP contribution in [0.4, 0.5) is 5.82 Å². The van der Waals surface area contributed by atoms with Crippen molar-refractivity contribution < 1.29 is 5.11 Å². The number of aromatic amines is 1. The minimum atomic E-state index is 0.0507. The first-order chi connectivity index (χ1) is 14.7. The first-order valence-electron chi connectivity index (χ1n) is 10.1. The minimum Gasteiger partial charge on any atom is -0.395 e. The van der Waals surface area contributed by atoms with Gasteiger partial charge in [-0.25, -0.2) is 9.97 Å². The van der Waals surface area contributed by atoms with Crippen molar-refractivity contribution in [2.75, 3.05) is 25.0 Å². The number of imidazole rings is 1. The Balaban J connectivity index is 1.44. The Labute approximate surface area is 175 Å². The molecule has 8 heteroatoms. The highest BCUT2D eigenvalue weighted by atomic mass is 16.3. The number of anilines is 1. The van der Waals surface area contributed by atoms with Crippen LogP contribution in [0.15, 0.2) is 54.9 Å². The smallest absolute Gasteiger partial charge is 0.130 e. The monoisotopic (exact) mass is 403 g/mol. The molecule has 0 spiro atoms. The van der Waals surface area contributed by atoms with E-state index in [9.17, 15) is 0 Å². The van der Waals surface area contributed by atoms with Crippen molar-refractivity contribution in [1.29, 1.82) is 5.41 Å². The Morgan fingerprint density at radius 1 is 1.27 bits per heavy atom. The first-order valence-corrected chi connectivity index (χ1v) is 10.1. The summed E-state index contributed by atoms with van der Waals surface area (Å²) in [7, 11) is 0. The zero-order chi connectivity index (χ0) is 20.8. The molecular weight excluding hydrogens is 378 g/mol. The van der Waals surface area contributed by atoms with Crippen LogP contribution in [-0.4, -0.2) is 55.5 Å². The highest BCUT2D eigenvalue weighted by molar-refractivity contribution is 5.94. The molecule has 1 aliphatic heterocycles. The summed E-state index contributed by atoms with van der Waals surface area (Å²) in [5.74, 6) is 1.82. The van der Waals surface area contributed by atoms with Gasteiger partial charge in [-0.1, -0.05) is 12.1 Å². The Morgan fingerprint density at radius 3 is 3.03 bits per heavy atom. The quantitative estimate of drug-likeness (QED) is 0.356. The predicted octanol–water partition coefficient (Wildman–Crippen LogP) is 3.10. The molecule has 30 heavy (non-hydrogen) atoms. The molecule has 4 N–H and O–H groups in total. The summed E-state index contributed by atoms with van der Waals surface area (Å²) < 4.78 is 0. The van der Waals surface area contributed by atoms with Gasteiger partial charge in [0, 0.05) is 19.3 Å². The van der Waals surface area contributed by atoms with E-state index in [0.29, 0.717) is 24.0 Å². The second-order valence-corrected chi connectivity index (χ2v) is 7.07. The molecule has 0 amide bonds. The zero-order valence-corrected chi connectivity index (χ0v) is 16.6. The lowest BCUT2D eigenvalue weighted by Gasteiger charge is -2.25. The number of pyridine rings is 2. The van der Waals surface area contributed by atoms with E-state index in [1.165, 1.54) is 0 Å². The van der Waals surface area contributed by atoms with Crippen LogP contribution in [0.1, 0.15) is 30.4 Å². The van der Waals surface area contributed by atoms with Crippen LogP contribution >= 0.6 is 0 Å². The number of aliphatic hydroxyl groups is 1. The zero-order valence-electron chi connectivity index (χ0n) is 16.6. The summed E-state index contributed by atoms with van der Waals surface area (Å²) in [5.41, 5.74) is 2.56. The Kier molecular flexibility index (Phi) is 6.14. The van der Waals surface area contributed by atoms with Crippen molar-refractivity contribution in [3.8, 4) is 11.4 Å². The van der Waals surface area contributed by atoms with Gasteiger partial charge in [-0.05, 0) is 49.3 Å². The van der Waals surface area contributed by atoms with Crippen molar-refractivity contribution in [3.05, 3.63) is 66.4 Å². The molecular formula is C22H25N7O. The van der Waals surface area contributed by atoms with Gasteiger partial charge in [0.25, 0.3) is 0 Å². The van der Waals surface area contributed by atoms with Gasteiger partial charge >= 0.3 is 0 Å². The summed E-state index contributed by atoms with van der Waals surface area (Å²) >= 11 is 0. The number of aliphatic hydroxyl groups excluding tert-OH is 1. The van der Waals surface area contributed by atoms with Crippen molar-refractivity contribution in [2.24, 2.45) is 0 Å². The molecule has 0 bridgehead atoms. The molecule has 154 valence electrons. The van der Waals surface area contributed by atoms with Crippen LogP contribution in [0.5, 0.6) is 0 Å². The SMILES string of the molecule is N=C(/C=C\c1ncc(-c2cccc(NCCO)n2)[nH]1)N1CCCC1c1ccccn1. The van der Waals surface area contributed by atoms with Crippen LogP contribution in [-0.2, 0) is 0 Å². The minimum absolute atomic E-state index is 0.0507. The molecule has 0 radical (unpaired) electrons. The Bertz CT molecular complexity index is 1020. The maximum Gasteiger partial charge on any atom is 0.130 e. The number of hydrogen-bond donors (Lipinski definition) is 4. The van der Waals surface area contributed by atoms with Gasteiger partial charge in [0.15, 0.2) is 0 Å². The molecule has 0 aliphatic carbocycles. The maximum atomic E-state index is 8.94.